The summed E-state index contributed by atoms with van der Waals surface area (Å²) in [6.07, 6.45) is 8.61. The van der Waals surface area contributed by atoms with Crippen molar-refractivity contribution in [1.29, 1.82) is 0 Å². The number of ether oxygens (including phenoxy) is 1. The maximum atomic E-state index is 5.65. The summed E-state index contributed by atoms with van der Waals surface area (Å²) in [5.74, 6) is 1.52. The fourth-order valence-corrected chi connectivity index (χ4v) is 4.99. The van der Waals surface area contributed by atoms with Gasteiger partial charge in [-0.1, -0.05) is 31.2 Å². The minimum absolute atomic E-state index is 0.326. The Bertz CT molecular complexity index is 966. The summed E-state index contributed by atoms with van der Waals surface area (Å²) in [6, 6.07) is 11.6. The Balaban J connectivity index is 1.45. The van der Waals surface area contributed by atoms with Crippen LogP contribution in [0.3, 0.4) is 0 Å². The first-order valence-corrected chi connectivity index (χ1v) is 9.93. The van der Waals surface area contributed by atoms with E-state index in [2.05, 4.69) is 63.3 Å². The van der Waals surface area contributed by atoms with Gasteiger partial charge in [0.2, 0.25) is 0 Å². The van der Waals surface area contributed by atoms with Gasteiger partial charge in [0.15, 0.2) is 0 Å². The largest absolute Gasteiger partial charge is 0.381 e. The molecule has 0 aliphatic heterocycles. The molecule has 2 aromatic heterocycles. The lowest BCUT2D eigenvalue weighted by Gasteiger charge is -2.16. The molecule has 27 heavy (non-hydrogen) atoms. The summed E-state index contributed by atoms with van der Waals surface area (Å²) in [4.78, 5) is 9.18. The molecule has 0 bridgehead atoms. The third-order valence-electron chi connectivity index (χ3n) is 6.43. The Morgan fingerprint density at radius 3 is 2.89 bits per heavy atom. The highest BCUT2D eigenvalue weighted by Crippen LogP contribution is 2.39. The van der Waals surface area contributed by atoms with E-state index < -0.39 is 0 Å². The molecular weight excluding hydrogens is 336 g/mol. The predicted molar refractivity (Wildman–Crippen MR) is 107 cm³/mol. The molecule has 4 atom stereocenters. The third-order valence-corrected chi connectivity index (χ3v) is 6.43. The maximum absolute atomic E-state index is 5.65. The number of nitrogens with one attached hydrogen (secondary N) is 1. The number of hydrogen-bond donors (Lipinski definition) is 1. The Labute approximate surface area is 159 Å². The van der Waals surface area contributed by atoms with Crippen LogP contribution in [0.25, 0.3) is 11.0 Å². The summed E-state index contributed by atoms with van der Waals surface area (Å²) in [6.45, 7) is 2.28. The summed E-state index contributed by atoms with van der Waals surface area (Å²) in [7, 11) is 1.82. The molecule has 2 aliphatic rings. The second kappa shape index (κ2) is 6.64. The van der Waals surface area contributed by atoms with Gasteiger partial charge in [-0.3, -0.25) is 0 Å². The van der Waals surface area contributed by atoms with E-state index in [-0.39, 0.29) is 0 Å². The summed E-state index contributed by atoms with van der Waals surface area (Å²) in [5, 5.41) is 4.79. The number of nitrogens with zero attached hydrogens (tertiary/aromatic N) is 3. The van der Waals surface area contributed by atoms with Crippen LogP contribution in [0.2, 0.25) is 0 Å². The Hall–Kier alpha value is -2.40. The lowest BCUT2D eigenvalue weighted by molar-refractivity contribution is 0.0760. The second-order valence-electron chi connectivity index (χ2n) is 7.99. The third kappa shape index (κ3) is 2.81. The van der Waals surface area contributed by atoms with Crippen molar-refractivity contribution in [2.75, 3.05) is 12.4 Å². The second-order valence-corrected chi connectivity index (χ2v) is 7.99. The molecule has 2 aliphatic carbocycles. The van der Waals surface area contributed by atoms with Crippen molar-refractivity contribution in [1.82, 2.24) is 14.5 Å². The Morgan fingerprint density at radius 1 is 1.15 bits per heavy atom. The van der Waals surface area contributed by atoms with Crippen LogP contribution >= 0.6 is 0 Å². The minimum atomic E-state index is 0.326. The maximum Gasteiger partial charge on any atom is 0.145 e. The van der Waals surface area contributed by atoms with Gasteiger partial charge >= 0.3 is 0 Å². The molecular formula is C22H26N4O. The van der Waals surface area contributed by atoms with Gasteiger partial charge in [0, 0.05) is 19.3 Å². The van der Waals surface area contributed by atoms with Crippen molar-refractivity contribution in [2.45, 2.75) is 50.8 Å². The zero-order valence-electron chi connectivity index (χ0n) is 15.9. The first kappa shape index (κ1) is 16.8. The van der Waals surface area contributed by atoms with Crippen LogP contribution in [-0.2, 0) is 11.2 Å². The fourth-order valence-electron chi connectivity index (χ4n) is 4.99. The first-order chi connectivity index (χ1) is 13.2. The molecule has 1 aromatic carbocycles. The van der Waals surface area contributed by atoms with Crippen LogP contribution in [-0.4, -0.2) is 27.7 Å². The highest BCUT2D eigenvalue weighted by atomic mass is 16.5. The molecule has 1 N–H and O–H groups in total. The van der Waals surface area contributed by atoms with E-state index in [1.807, 2.05) is 7.11 Å². The zero-order valence-corrected chi connectivity index (χ0v) is 15.9. The lowest BCUT2D eigenvalue weighted by atomic mass is 10.1. The Morgan fingerprint density at radius 2 is 2.04 bits per heavy atom. The van der Waals surface area contributed by atoms with E-state index >= 15 is 0 Å². The molecule has 1 saturated carbocycles. The average molecular weight is 362 g/mol. The molecule has 5 rings (SSSR count). The smallest absolute Gasteiger partial charge is 0.145 e. The molecule has 0 spiro atoms. The van der Waals surface area contributed by atoms with Crippen molar-refractivity contribution in [2.24, 2.45) is 5.92 Å². The van der Waals surface area contributed by atoms with Crippen LogP contribution in [0.15, 0.2) is 42.9 Å². The van der Waals surface area contributed by atoms with Crippen molar-refractivity contribution >= 4 is 16.9 Å². The van der Waals surface area contributed by atoms with E-state index in [0.717, 1.165) is 42.5 Å². The number of benzene rings is 1. The van der Waals surface area contributed by atoms with Crippen LogP contribution in [0.5, 0.6) is 0 Å². The Kier molecular flexibility index (Phi) is 4.12. The highest BCUT2D eigenvalue weighted by Gasteiger charge is 2.33. The number of hydrogen-bond acceptors (Lipinski definition) is 4. The number of rotatable bonds is 4. The van der Waals surface area contributed by atoms with E-state index in [1.165, 1.54) is 11.1 Å². The van der Waals surface area contributed by atoms with Crippen molar-refractivity contribution in [3.05, 3.63) is 54.0 Å². The first-order valence-electron chi connectivity index (χ1n) is 9.93. The summed E-state index contributed by atoms with van der Waals surface area (Å²) in [5.41, 5.74) is 3.87. The van der Waals surface area contributed by atoms with E-state index in [1.54, 1.807) is 6.33 Å². The molecule has 1 fully saturated rings. The zero-order chi connectivity index (χ0) is 18.4. The number of aryl methyl sites for hydroxylation is 1. The molecule has 3 aromatic rings. The van der Waals surface area contributed by atoms with E-state index in [9.17, 15) is 0 Å². The van der Waals surface area contributed by atoms with Crippen LogP contribution in [0.4, 0.5) is 5.82 Å². The highest BCUT2D eigenvalue weighted by molar-refractivity contribution is 5.87. The lowest BCUT2D eigenvalue weighted by Crippen LogP contribution is -2.13. The van der Waals surface area contributed by atoms with Gasteiger partial charge in [0.05, 0.1) is 17.5 Å². The molecule has 0 saturated heterocycles. The van der Waals surface area contributed by atoms with Gasteiger partial charge in [-0.25, -0.2) is 9.97 Å². The van der Waals surface area contributed by atoms with Gasteiger partial charge in [-0.15, -0.1) is 0 Å². The number of fused-ring (bicyclic) bond motifs is 2. The molecule has 2 heterocycles. The molecule has 0 radical (unpaired) electrons. The van der Waals surface area contributed by atoms with Crippen LogP contribution < -0.4 is 5.32 Å². The monoisotopic (exact) mass is 362 g/mol. The van der Waals surface area contributed by atoms with Gasteiger partial charge in [0.1, 0.15) is 17.8 Å². The minimum Gasteiger partial charge on any atom is -0.381 e. The van der Waals surface area contributed by atoms with Crippen molar-refractivity contribution in [3.63, 3.8) is 0 Å². The summed E-state index contributed by atoms with van der Waals surface area (Å²) >= 11 is 0. The van der Waals surface area contributed by atoms with Crippen LogP contribution in [0.1, 0.15) is 49.4 Å². The van der Waals surface area contributed by atoms with E-state index in [4.69, 9.17) is 4.74 Å². The fraction of sp³-hybridized carbons (Fsp3) is 0.455. The number of aromatic nitrogens is 3. The molecule has 5 nitrogen and oxygen atoms in total. The SMILES string of the molecule is CO[C@H]1C[C@H](n2ccc3c(N[C@H]4CCc5ccccc54)ncnc32)C[C@@H]1C. The van der Waals surface area contributed by atoms with Gasteiger partial charge < -0.3 is 14.6 Å². The quantitative estimate of drug-likeness (QED) is 0.741. The summed E-state index contributed by atoms with van der Waals surface area (Å²) < 4.78 is 7.97. The van der Waals surface area contributed by atoms with Gasteiger partial charge in [0.25, 0.3) is 0 Å². The van der Waals surface area contributed by atoms with E-state index in [0.29, 0.717) is 24.1 Å². The molecule has 0 unspecified atom stereocenters. The molecule has 140 valence electrons. The van der Waals surface area contributed by atoms with Crippen molar-refractivity contribution in [3.8, 4) is 0 Å². The van der Waals surface area contributed by atoms with Gasteiger partial charge in [-0.05, 0) is 48.8 Å². The normalized spacial score (nSPS) is 27.2. The number of anilines is 1. The van der Waals surface area contributed by atoms with Crippen LogP contribution in [0, 0.1) is 5.92 Å². The molecule has 0 amide bonds. The standard InChI is InChI=1S/C22H26N4O/c1-14-11-16(12-20(14)27-2)26-10-9-18-21(23-13-24-22(18)26)25-19-8-7-15-5-3-4-6-17(15)19/h3-6,9-10,13-14,16,19-20H,7-8,11-12H2,1-2H3,(H,23,24,25)/t14-,16+,19-,20-/m0/s1. The average Bonchev–Trinajstić information content (AvgIpc) is 3.39. The predicted octanol–water partition coefficient (Wildman–Crippen LogP) is 4.52. The van der Waals surface area contributed by atoms with Crippen molar-refractivity contribution < 1.29 is 4.74 Å². The molecule has 5 heteroatoms. The topological polar surface area (TPSA) is 52.0 Å². The number of methoxy groups -OCH3 is 1. The van der Waals surface area contributed by atoms with Gasteiger partial charge in [-0.2, -0.15) is 0 Å².